The van der Waals surface area contributed by atoms with Gasteiger partial charge in [-0.2, -0.15) is 0 Å². The monoisotopic (exact) mass is 256 g/mol. The van der Waals surface area contributed by atoms with Gasteiger partial charge in [0.15, 0.2) is 0 Å². The first-order valence-electron chi connectivity index (χ1n) is 1.87. The summed E-state index contributed by atoms with van der Waals surface area (Å²) in [6.45, 7) is 3.30. The molecule has 0 aliphatic rings. The molecule has 0 rings (SSSR count). The molecule has 0 saturated heterocycles. The van der Waals surface area contributed by atoms with Gasteiger partial charge in [0.05, 0.1) is 0 Å². The topological polar surface area (TPSA) is 37.3 Å². The predicted octanol–water partition coefficient (Wildman–Crippen LogP) is 0.368. The summed E-state index contributed by atoms with van der Waals surface area (Å²) in [6, 6.07) is 0. The van der Waals surface area contributed by atoms with E-state index in [2.05, 4.69) is 0 Å². The van der Waals surface area contributed by atoms with E-state index in [1.165, 1.54) is 0 Å². The Morgan fingerprint density at radius 1 is 1.62 bits per heavy atom. The van der Waals surface area contributed by atoms with Crippen LogP contribution in [0.3, 0.4) is 0 Å². The molecule has 2 nitrogen and oxygen atoms in total. The summed E-state index contributed by atoms with van der Waals surface area (Å²) in [7, 11) is 0. The fourth-order valence-electron chi connectivity index (χ4n) is 0. The second-order valence-corrected chi connectivity index (χ2v) is 4.47. The molecule has 0 unspecified atom stereocenters. The number of alkyl halides is 1. The molecule has 0 radical (unpaired) electrons. The molecule has 0 bridgehead atoms. The molecule has 0 fully saturated rings. The Morgan fingerprint density at radius 3 is 1.75 bits per heavy atom. The SMILES string of the molecule is CC(C)(I)C(=O)O.[CaH2]. The number of carboxylic acid groups (broad SMARTS) is 1. The van der Waals surface area contributed by atoms with Gasteiger partial charge in [0.1, 0.15) is 3.42 Å². The van der Waals surface area contributed by atoms with Gasteiger partial charge in [0, 0.05) is 0 Å². The van der Waals surface area contributed by atoms with Crippen molar-refractivity contribution in [1.29, 1.82) is 0 Å². The van der Waals surface area contributed by atoms with E-state index in [1.54, 1.807) is 13.8 Å². The van der Waals surface area contributed by atoms with Gasteiger partial charge in [0.2, 0.25) is 0 Å². The van der Waals surface area contributed by atoms with E-state index in [-0.39, 0.29) is 37.7 Å². The van der Waals surface area contributed by atoms with Crippen LogP contribution in [0.5, 0.6) is 0 Å². The fourth-order valence-corrected chi connectivity index (χ4v) is 0. The normalized spacial score (nSPS) is 9.88. The Morgan fingerprint density at radius 2 is 1.75 bits per heavy atom. The summed E-state index contributed by atoms with van der Waals surface area (Å²) in [5, 5.41) is 8.24. The van der Waals surface area contributed by atoms with Gasteiger partial charge in [-0.05, 0) is 13.8 Å². The number of halogens is 1. The van der Waals surface area contributed by atoms with E-state index in [0.29, 0.717) is 0 Å². The number of carboxylic acids is 1. The van der Waals surface area contributed by atoms with Crippen molar-refractivity contribution in [2.45, 2.75) is 17.3 Å². The molecule has 1 N–H and O–H groups in total. The van der Waals surface area contributed by atoms with Gasteiger partial charge in [-0.3, -0.25) is 4.79 Å². The Balaban J connectivity index is 0. The molecule has 0 heterocycles. The zero-order valence-electron chi connectivity index (χ0n) is 4.23. The zero-order chi connectivity index (χ0) is 6.08. The Labute approximate surface area is 92.2 Å². The molecule has 8 heavy (non-hydrogen) atoms. The van der Waals surface area contributed by atoms with E-state index in [4.69, 9.17) is 5.11 Å². The molecular formula is C4H9CaIO2. The molecule has 0 amide bonds. The Bertz CT molecular complexity index is 86.5. The first-order chi connectivity index (χ1) is 2.94. The van der Waals surface area contributed by atoms with Gasteiger partial charge >= 0.3 is 43.7 Å². The molecule has 0 aromatic heterocycles. The first kappa shape index (κ1) is 12.2. The van der Waals surface area contributed by atoms with Crippen LogP contribution in [0.4, 0.5) is 0 Å². The summed E-state index contributed by atoms with van der Waals surface area (Å²) in [5.74, 6) is -0.770. The molecular weight excluding hydrogens is 247 g/mol. The molecule has 0 aliphatic carbocycles. The molecule has 0 aromatic rings. The second kappa shape index (κ2) is 4.30. The molecule has 0 atom stereocenters. The van der Waals surface area contributed by atoms with Crippen LogP contribution >= 0.6 is 22.6 Å². The van der Waals surface area contributed by atoms with Crippen molar-refractivity contribution in [1.82, 2.24) is 0 Å². The van der Waals surface area contributed by atoms with Crippen LogP contribution in [0.15, 0.2) is 0 Å². The summed E-state index contributed by atoms with van der Waals surface area (Å²) in [5.41, 5.74) is 0. The number of carbonyl (C=O) groups is 1. The second-order valence-electron chi connectivity index (χ2n) is 1.78. The van der Waals surface area contributed by atoms with Gasteiger partial charge in [-0.15, -0.1) is 0 Å². The molecule has 0 saturated carbocycles. The van der Waals surface area contributed by atoms with Crippen LogP contribution in [-0.2, 0) is 4.79 Å². The number of aliphatic carboxylic acids is 1. The van der Waals surface area contributed by atoms with E-state index in [9.17, 15) is 4.79 Å². The van der Waals surface area contributed by atoms with Gasteiger partial charge in [-0.1, -0.05) is 22.6 Å². The quantitative estimate of drug-likeness (QED) is 0.418. The van der Waals surface area contributed by atoms with Crippen molar-refractivity contribution in [2.24, 2.45) is 0 Å². The average Bonchev–Trinajstić information content (AvgIpc) is 1.31. The third-order valence-corrected chi connectivity index (χ3v) is 0.970. The third kappa shape index (κ3) is 5.59. The minimum absolute atomic E-state index is 0. The number of rotatable bonds is 1. The number of hydrogen-bond acceptors (Lipinski definition) is 1. The fraction of sp³-hybridized carbons (Fsp3) is 0.750. The van der Waals surface area contributed by atoms with E-state index in [0.717, 1.165) is 0 Å². The van der Waals surface area contributed by atoms with Crippen LogP contribution in [-0.4, -0.2) is 52.2 Å². The first-order valence-corrected chi connectivity index (χ1v) is 2.95. The minimum atomic E-state index is -0.770. The Kier molecular flexibility index (Phi) is 6.54. The van der Waals surface area contributed by atoms with Crippen LogP contribution in [0.1, 0.15) is 13.8 Å². The molecule has 0 aliphatic heterocycles. The van der Waals surface area contributed by atoms with Gasteiger partial charge in [-0.25, -0.2) is 0 Å². The van der Waals surface area contributed by atoms with Crippen LogP contribution in [0.2, 0.25) is 0 Å². The summed E-state index contributed by atoms with van der Waals surface area (Å²) in [6.07, 6.45) is 0. The van der Waals surface area contributed by atoms with Crippen molar-refractivity contribution in [3.8, 4) is 0 Å². The van der Waals surface area contributed by atoms with Crippen molar-refractivity contribution in [2.75, 3.05) is 0 Å². The molecule has 46 valence electrons. The summed E-state index contributed by atoms with van der Waals surface area (Å²) < 4.78 is -0.613. The molecule has 4 heteroatoms. The van der Waals surface area contributed by atoms with Crippen molar-refractivity contribution in [3.63, 3.8) is 0 Å². The van der Waals surface area contributed by atoms with Crippen molar-refractivity contribution in [3.05, 3.63) is 0 Å². The van der Waals surface area contributed by atoms with Gasteiger partial charge in [0.25, 0.3) is 0 Å². The average molecular weight is 256 g/mol. The van der Waals surface area contributed by atoms with E-state index in [1.807, 2.05) is 22.6 Å². The van der Waals surface area contributed by atoms with Crippen molar-refractivity contribution >= 4 is 66.3 Å². The van der Waals surface area contributed by atoms with Crippen LogP contribution in [0, 0.1) is 0 Å². The summed E-state index contributed by atoms with van der Waals surface area (Å²) >= 11 is 1.87. The summed E-state index contributed by atoms with van der Waals surface area (Å²) in [4.78, 5) is 10.0. The van der Waals surface area contributed by atoms with Crippen LogP contribution < -0.4 is 0 Å². The van der Waals surface area contributed by atoms with E-state index < -0.39 is 9.39 Å². The predicted molar refractivity (Wildman–Crippen MR) is 44.3 cm³/mol. The molecule has 0 aromatic carbocycles. The van der Waals surface area contributed by atoms with Gasteiger partial charge < -0.3 is 5.11 Å². The maximum atomic E-state index is 10.0. The third-order valence-electron chi connectivity index (χ3n) is 0.509. The Hall–Kier alpha value is 1.46. The molecule has 0 spiro atoms. The zero-order valence-corrected chi connectivity index (χ0v) is 6.39. The standard InChI is InChI=1S/C4H7IO2.Ca.2H/c1-4(2,5)3(6)7;;;/h1-2H3,(H,6,7);;;. The van der Waals surface area contributed by atoms with E-state index >= 15 is 0 Å². The van der Waals surface area contributed by atoms with Crippen LogP contribution in [0.25, 0.3) is 0 Å². The number of hydrogen-bond donors (Lipinski definition) is 1. The van der Waals surface area contributed by atoms with Crippen molar-refractivity contribution < 1.29 is 9.90 Å². The maximum absolute atomic E-state index is 10.0.